The van der Waals surface area contributed by atoms with Crippen LogP contribution in [0.25, 0.3) is 10.8 Å². The lowest BCUT2D eigenvalue weighted by Gasteiger charge is -2.37. The van der Waals surface area contributed by atoms with Gasteiger partial charge in [0.25, 0.3) is 5.56 Å². The van der Waals surface area contributed by atoms with Crippen LogP contribution in [0.5, 0.6) is 11.5 Å². The molecular weight excluding hydrogens is 382 g/mol. The number of esters is 1. The molecule has 6 heteroatoms. The van der Waals surface area contributed by atoms with Gasteiger partial charge in [-0.05, 0) is 45.0 Å². The molecule has 1 atom stereocenters. The molecule has 0 fully saturated rings. The van der Waals surface area contributed by atoms with Crippen molar-refractivity contribution in [3.63, 3.8) is 0 Å². The van der Waals surface area contributed by atoms with Crippen LogP contribution in [0.15, 0.2) is 53.5 Å². The van der Waals surface area contributed by atoms with Gasteiger partial charge in [0, 0.05) is 36.0 Å². The van der Waals surface area contributed by atoms with E-state index in [2.05, 4.69) is 0 Å². The highest BCUT2D eigenvalue weighted by Crippen LogP contribution is 2.43. The summed E-state index contributed by atoms with van der Waals surface area (Å²) in [5.41, 5.74) is 0.500. The third-order valence-corrected chi connectivity index (χ3v) is 5.26. The van der Waals surface area contributed by atoms with E-state index in [4.69, 9.17) is 14.2 Å². The summed E-state index contributed by atoms with van der Waals surface area (Å²) in [6.07, 6.45) is 1.55. The number of carbonyl (C=O) groups is 1. The second-order valence-electron chi connectivity index (χ2n) is 8.10. The summed E-state index contributed by atoms with van der Waals surface area (Å²) in [4.78, 5) is 25.6. The lowest BCUT2D eigenvalue weighted by molar-refractivity contribution is -0.0162. The van der Waals surface area contributed by atoms with E-state index >= 15 is 0 Å². The predicted octanol–water partition coefficient (Wildman–Crippen LogP) is 4.40. The molecule has 1 unspecified atom stereocenters. The maximum absolute atomic E-state index is 13.2. The molecule has 3 aromatic rings. The number of carbonyl (C=O) groups excluding carboxylic acids is 1. The first-order chi connectivity index (χ1) is 14.3. The average Bonchev–Trinajstić information content (AvgIpc) is 2.70. The number of hydrogen-bond acceptors (Lipinski definition) is 5. The van der Waals surface area contributed by atoms with Crippen LogP contribution in [-0.4, -0.2) is 22.7 Å². The Labute approximate surface area is 175 Å². The molecule has 0 aliphatic carbocycles. The van der Waals surface area contributed by atoms with Crippen LogP contribution in [0.2, 0.25) is 0 Å². The summed E-state index contributed by atoms with van der Waals surface area (Å²) < 4.78 is 19.1. The summed E-state index contributed by atoms with van der Waals surface area (Å²) in [6, 6.07) is 12.6. The lowest BCUT2D eigenvalue weighted by atomic mass is 9.91. The molecule has 0 bridgehead atoms. The van der Waals surface area contributed by atoms with Gasteiger partial charge < -0.3 is 18.8 Å². The first kappa shape index (κ1) is 20.0. The molecule has 2 aromatic carbocycles. The Morgan fingerprint density at radius 2 is 1.93 bits per heavy atom. The molecule has 0 amide bonds. The Kier molecular flexibility index (Phi) is 5.02. The molecular formula is C24H25NO5. The number of fused-ring (bicyclic) bond motifs is 2. The fourth-order valence-corrected chi connectivity index (χ4v) is 3.90. The molecule has 1 aromatic heterocycles. The van der Waals surface area contributed by atoms with E-state index in [9.17, 15) is 9.59 Å². The summed E-state index contributed by atoms with van der Waals surface area (Å²) in [5.74, 6) is 0.906. The zero-order valence-electron chi connectivity index (χ0n) is 17.6. The number of hydrogen-bond donors (Lipinski definition) is 0. The van der Waals surface area contributed by atoms with E-state index in [1.807, 2.05) is 39.0 Å². The Balaban J connectivity index is 1.74. The topological polar surface area (TPSA) is 66.8 Å². The van der Waals surface area contributed by atoms with Crippen molar-refractivity contribution in [3.05, 3.63) is 70.1 Å². The molecule has 6 nitrogen and oxygen atoms in total. The van der Waals surface area contributed by atoms with E-state index in [0.29, 0.717) is 40.9 Å². The number of pyridine rings is 1. The zero-order chi connectivity index (χ0) is 21.5. The Morgan fingerprint density at radius 3 is 2.67 bits per heavy atom. The van der Waals surface area contributed by atoms with Crippen LogP contribution in [0.3, 0.4) is 0 Å². The fraction of sp³-hybridized carbons (Fsp3) is 0.333. The van der Waals surface area contributed by atoms with Gasteiger partial charge >= 0.3 is 5.97 Å². The van der Waals surface area contributed by atoms with Gasteiger partial charge in [-0.1, -0.05) is 18.2 Å². The SMILES string of the molecule is CCOc1ccc2c(c1)C(OC(=O)c1cn(C)c(=O)c3ccccc13)CC(C)(C)O2. The molecule has 156 valence electrons. The van der Waals surface area contributed by atoms with E-state index in [1.54, 1.807) is 31.3 Å². The fourth-order valence-electron chi connectivity index (χ4n) is 3.90. The largest absolute Gasteiger partial charge is 0.494 e. The van der Waals surface area contributed by atoms with Crippen molar-refractivity contribution in [3.8, 4) is 11.5 Å². The van der Waals surface area contributed by atoms with Crippen molar-refractivity contribution in [2.24, 2.45) is 7.05 Å². The number of ether oxygens (including phenoxy) is 3. The van der Waals surface area contributed by atoms with Crippen LogP contribution in [-0.2, 0) is 11.8 Å². The number of rotatable bonds is 4. The smallest absolute Gasteiger partial charge is 0.340 e. The predicted molar refractivity (Wildman–Crippen MR) is 114 cm³/mol. The first-order valence-electron chi connectivity index (χ1n) is 10.0. The Hall–Kier alpha value is -3.28. The van der Waals surface area contributed by atoms with Gasteiger partial charge in [-0.2, -0.15) is 0 Å². The molecule has 30 heavy (non-hydrogen) atoms. The van der Waals surface area contributed by atoms with Crippen LogP contribution in [0, 0.1) is 0 Å². The number of aryl methyl sites for hydroxylation is 1. The standard InChI is InChI=1S/C24H25NO5/c1-5-28-15-10-11-20-18(12-15)21(13-24(2,3)30-20)29-23(27)19-14-25(4)22(26)17-9-7-6-8-16(17)19/h6-12,14,21H,5,13H2,1-4H3. The second kappa shape index (κ2) is 7.52. The van der Waals surface area contributed by atoms with Gasteiger partial charge in [-0.25, -0.2) is 4.79 Å². The first-order valence-corrected chi connectivity index (χ1v) is 10.0. The van der Waals surface area contributed by atoms with Gasteiger partial charge in [-0.3, -0.25) is 4.79 Å². The van der Waals surface area contributed by atoms with Crippen LogP contribution >= 0.6 is 0 Å². The third kappa shape index (κ3) is 3.65. The molecule has 0 saturated carbocycles. The van der Waals surface area contributed by atoms with E-state index < -0.39 is 17.7 Å². The zero-order valence-corrected chi connectivity index (χ0v) is 17.6. The number of aromatic nitrogens is 1. The second-order valence-corrected chi connectivity index (χ2v) is 8.10. The van der Waals surface area contributed by atoms with Crippen LogP contribution in [0.4, 0.5) is 0 Å². The summed E-state index contributed by atoms with van der Waals surface area (Å²) in [5, 5.41) is 1.07. The third-order valence-electron chi connectivity index (χ3n) is 5.26. The van der Waals surface area contributed by atoms with Crippen LogP contribution in [0.1, 0.15) is 49.2 Å². The summed E-state index contributed by atoms with van der Waals surface area (Å²) in [6.45, 7) is 6.39. The quantitative estimate of drug-likeness (QED) is 0.600. The highest BCUT2D eigenvalue weighted by atomic mass is 16.6. The van der Waals surface area contributed by atoms with Gasteiger partial charge in [0.1, 0.15) is 23.2 Å². The van der Waals surface area contributed by atoms with E-state index in [1.165, 1.54) is 10.8 Å². The van der Waals surface area contributed by atoms with Crippen molar-refractivity contribution in [2.75, 3.05) is 6.61 Å². The van der Waals surface area contributed by atoms with Crippen molar-refractivity contribution in [1.82, 2.24) is 4.57 Å². The monoisotopic (exact) mass is 407 g/mol. The highest BCUT2D eigenvalue weighted by molar-refractivity contribution is 6.04. The van der Waals surface area contributed by atoms with Gasteiger partial charge in [0.15, 0.2) is 0 Å². The molecule has 0 spiro atoms. The molecule has 0 N–H and O–H groups in total. The molecule has 2 heterocycles. The van der Waals surface area contributed by atoms with E-state index in [0.717, 1.165) is 5.56 Å². The summed E-state index contributed by atoms with van der Waals surface area (Å²) in [7, 11) is 1.63. The molecule has 0 saturated heterocycles. The van der Waals surface area contributed by atoms with E-state index in [-0.39, 0.29) is 5.56 Å². The normalized spacial score (nSPS) is 17.1. The van der Waals surface area contributed by atoms with Crippen molar-refractivity contribution in [1.29, 1.82) is 0 Å². The Morgan fingerprint density at radius 1 is 1.20 bits per heavy atom. The van der Waals surface area contributed by atoms with Crippen molar-refractivity contribution in [2.45, 2.75) is 38.9 Å². The number of benzene rings is 2. The Bertz CT molecular complexity index is 1180. The molecule has 0 radical (unpaired) electrons. The van der Waals surface area contributed by atoms with Crippen molar-refractivity contribution < 1.29 is 19.0 Å². The highest BCUT2D eigenvalue weighted by Gasteiger charge is 2.36. The average molecular weight is 407 g/mol. The van der Waals surface area contributed by atoms with Crippen LogP contribution < -0.4 is 15.0 Å². The minimum absolute atomic E-state index is 0.152. The molecule has 1 aliphatic rings. The number of nitrogens with zero attached hydrogens (tertiary/aromatic N) is 1. The van der Waals surface area contributed by atoms with Gasteiger partial charge in [0.2, 0.25) is 0 Å². The minimum Gasteiger partial charge on any atom is -0.494 e. The molecule has 1 aliphatic heterocycles. The van der Waals surface area contributed by atoms with Gasteiger partial charge in [-0.15, -0.1) is 0 Å². The van der Waals surface area contributed by atoms with Crippen molar-refractivity contribution >= 4 is 16.7 Å². The maximum Gasteiger partial charge on any atom is 0.340 e. The van der Waals surface area contributed by atoms with Gasteiger partial charge in [0.05, 0.1) is 12.2 Å². The minimum atomic E-state index is -0.493. The summed E-state index contributed by atoms with van der Waals surface area (Å²) >= 11 is 0. The molecule has 4 rings (SSSR count). The maximum atomic E-state index is 13.2. The lowest BCUT2D eigenvalue weighted by Crippen LogP contribution is -2.36.